The molecule has 2 aromatic heterocycles. The number of nitrogens with one attached hydrogen (secondary N) is 1. The molecule has 0 saturated heterocycles. The largest absolute Gasteiger partial charge is 0.481 e. The molecule has 0 bridgehead atoms. The van der Waals surface area contributed by atoms with Gasteiger partial charge in [-0.25, -0.2) is 9.50 Å². The van der Waals surface area contributed by atoms with Gasteiger partial charge in [-0.1, -0.05) is 13.8 Å². The van der Waals surface area contributed by atoms with Gasteiger partial charge in [0, 0.05) is 18.9 Å². The van der Waals surface area contributed by atoms with Crippen molar-refractivity contribution in [2.24, 2.45) is 11.8 Å². The molecule has 6 nitrogen and oxygen atoms in total. The Bertz CT molecular complexity index is 591. The second-order valence-electron chi connectivity index (χ2n) is 4.96. The highest BCUT2D eigenvalue weighted by atomic mass is 16.4. The molecule has 2 heterocycles. The third-order valence-electron chi connectivity index (χ3n) is 3.12. The van der Waals surface area contributed by atoms with E-state index < -0.39 is 11.9 Å². The van der Waals surface area contributed by atoms with E-state index in [2.05, 4.69) is 15.4 Å². The van der Waals surface area contributed by atoms with E-state index in [1.165, 1.54) is 0 Å². The molecule has 6 heteroatoms. The highest BCUT2D eigenvalue weighted by Gasteiger charge is 2.21. The van der Waals surface area contributed by atoms with Crippen LogP contribution in [0.2, 0.25) is 0 Å². The van der Waals surface area contributed by atoms with E-state index in [9.17, 15) is 4.79 Å². The fourth-order valence-electron chi connectivity index (χ4n) is 2.00. The van der Waals surface area contributed by atoms with Gasteiger partial charge in [0.1, 0.15) is 5.52 Å². The number of anilines is 1. The summed E-state index contributed by atoms with van der Waals surface area (Å²) in [5.74, 6) is -0.503. The number of carbonyl (C=O) groups is 1. The van der Waals surface area contributed by atoms with Crippen LogP contribution in [0, 0.1) is 18.8 Å². The molecule has 2 N–H and O–H groups in total. The van der Waals surface area contributed by atoms with Crippen LogP contribution in [0.4, 0.5) is 5.82 Å². The molecule has 2 aromatic rings. The van der Waals surface area contributed by atoms with Crippen molar-refractivity contribution in [3.63, 3.8) is 0 Å². The lowest BCUT2D eigenvalue weighted by atomic mass is 9.96. The number of hydrogen-bond acceptors (Lipinski definition) is 4. The predicted molar refractivity (Wildman–Crippen MR) is 72.2 cm³/mol. The molecule has 0 fully saturated rings. The lowest BCUT2D eigenvalue weighted by molar-refractivity contribution is -0.142. The number of carboxylic acids is 1. The number of nitrogens with zero attached hydrogens (tertiary/aromatic N) is 3. The Morgan fingerprint density at radius 3 is 2.89 bits per heavy atom. The van der Waals surface area contributed by atoms with E-state index in [0.717, 1.165) is 11.2 Å². The van der Waals surface area contributed by atoms with Crippen molar-refractivity contribution in [1.82, 2.24) is 14.6 Å². The summed E-state index contributed by atoms with van der Waals surface area (Å²) in [7, 11) is 0. The predicted octanol–water partition coefficient (Wildman–Crippen LogP) is 1.81. The van der Waals surface area contributed by atoms with Crippen LogP contribution >= 0.6 is 0 Å². The van der Waals surface area contributed by atoms with Crippen LogP contribution in [0.1, 0.15) is 19.5 Å². The van der Waals surface area contributed by atoms with Gasteiger partial charge in [0.2, 0.25) is 0 Å². The molecule has 1 unspecified atom stereocenters. The average molecular weight is 262 g/mol. The molecule has 102 valence electrons. The number of aryl methyl sites for hydroxylation is 1. The number of carboxylic acid groups (broad SMARTS) is 1. The smallest absolute Gasteiger partial charge is 0.308 e. The molecule has 0 aliphatic carbocycles. The first-order chi connectivity index (χ1) is 8.99. The van der Waals surface area contributed by atoms with Crippen LogP contribution in [0.5, 0.6) is 0 Å². The zero-order valence-corrected chi connectivity index (χ0v) is 11.3. The number of fused-ring (bicyclic) bond motifs is 1. The maximum atomic E-state index is 11.2. The Labute approximate surface area is 111 Å². The highest BCUT2D eigenvalue weighted by molar-refractivity contribution is 5.72. The molecule has 2 rings (SSSR count). The average Bonchev–Trinajstić information content (AvgIpc) is 2.69. The number of rotatable bonds is 5. The minimum atomic E-state index is -0.792. The minimum Gasteiger partial charge on any atom is -0.481 e. The van der Waals surface area contributed by atoms with E-state index in [1.807, 2.05) is 26.8 Å². The highest BCUT2D eigenvalue weighted by Crippen LogP contribution is 2.17. The zero-order chi connectivity index (χ0) is 14.0. The summed E-state index contributed by atoms with van der Waals surface area (Å²) in [5.41, 5.74) is 1.75. The molecular formula is C13H18N4O2. The van der Waals surface area contributed by atoms with Gasteiger partial charge >= 0.3 is 5.97 Å². The maximum Gasteiger partial charge on any atom is 0.308 e. The third kappa shape index (κ3) is 2.83. The van der Waals surface area contributed by atoms with E-state index >= 15 is 0 Å². The van der Waals surface area contributed by atoms with Crippen LogP contribution in [-0.2, 0) is 4.79 Å². The van der Waals surface area contributed by atoms with E-state index in [0.29, 0.717) is 12.4 Å². The zero-order valence-electron chi connectivity index (χ0n) is 11.3. The lowest BCUT2D eigenvalue weighted by Gasteiger charge is -2.17. The molecule has 0 aliphatic rings. The number of aliphatic carboxylic acids is 1. The number of aromatic nitrogens is 3. The van der Waals surface area contributed by atoms with Crippen molar-refractivity contribution in [1.29, 1.82) is 0 Å². The molecule has 1 atom stereocenters. The van der Waals surface area contributed by atoms with Crippen LogP contribution in [0.15, 0.2) is 18.5 Å². The van der Waals surface area contributed by atoms with Gasteiger partial charge in [-0.3, -0.25) is 4.79 Å². The van der Waals surface area contributed by atoms with Crippen LogP contribution in [-0.4, -0.2) is 32.2 Å². The van der Waals surface area contributed by atoms with Gasteiger partial charge < -0.3 is 10.4 Å². The van der Waals surface area contributed by atoms with Crippen molar-refractivity contribution in [2.75, 3.05) is 11.9 Å². The SMILES string of the molecule is Cc1cc2c(NCC(C(=O)O)C(C)C)nccn2n1. The molecular weight excluding hydrogens is 244 g/mol. The monoisotopic (exact) mass is 262 g/mol. The summed E-state index contributed by atoms with van der Waals surface area (Å²) in [6, 6.07) is 1.92. The normalized spacial score (nSPS) is 12.8. The van der Waals surface area contributed by atoms with Crippen molar-refractivity contribution in [3.05, 3.63) is 24.2 Å². The fraction of sp³-hybridized carbons (Fsp3) is 0.462. The standard InChI is InChI=1S/C13H18N4O2/c1-8(2)10(13(18)19)7-15-12-11-6-9(3)16-17(11)5-4-14-12/h4-6,8,10H,7H2,1-3H3,(H,14,15)(H,18,19). The van der Waals surface area contributed by atoms with Gasteiger partial charge in [0.15, 0.2) is 5.82 Å². The first-order valence-corrected chi connectivity index (χ1v) is 6.26. The van der Waals surface area contributed by atoms with Gasteiger partial charge in [-0.15, -0.1) is 0 Å². The fourth-order valence-corrected chi connectivity index (χ4v) is 2.00. The molecule has 0 spiro atoms. The molecule has 0 aromatic carbocycles. The summed E-state index contributed by atoms with van der Waals surface area (Å²) in [6.45, 7) is 6.06. The Hall–Kier alpha value is -2.11. The quantitative estimate of drug-likeness (QED) is 0.859. The maximum absolute atomic E-state index is 11.2. The van der Waals surface area contributed by atoms with Crippen LogP contribution in [0.25, 0.3) is 5.52 Å². The van der Waals surface area contributed by atoms with Crippen molar-refractivity contribution >= 4 is 17.3 Å². The van der Waals surface area contributed by atoms with Gasteiger partial charge in [-0.2, -0.15) is 5.10 Å². The Morgan fingerprint density at radius 2 is 2.26 bits per heavy atom. The third-order valence-corrected chi connectivity index (χ3v) is 3.12. The van der Waals surface area contributed by atoms with E-state index in [4.69, 9.17) is 5.11 Å². The Morgan fingerprint density at radius 1 is 1.53 bits per heavy atom. The number of hydrogen-bond donors (Lipinski definition) is 2. The summed E-state index contributed by atoms with van der Waals surface area (Å²) in [6.07, 6.45) is 3.41. The van der Waals surface area contributed by atoms with E-state index in [1.54, 1.807) is 16.9 Å². The van der Waals surface area contributed by atoms with Crippen molar-refractivity contribution < 1.29 is 9.90 Å². The first kappa shape index (κ1) is 13.3. The molecule has 0 radical (unpaired) electrons. The Balaban J connectivity index is 2.19. The Kier molecular flexibility index (Phi) is 3.69. The second-order valence-corrected chi connectivity index (χ2v) is 4.96. The lowest BCUT2D eigenvalue weighted by Crippen LogP contribution is -2.27. The summed E-state index contributed by atoms with van der Waals surface area (Å²) < 4.78 is 1.73. The minimum absolute atomic E-state index is 0.0661. The van der Waals surface area contributed by atoms with Gasteiger partial charge in [0.05, 0.1) is 11.6 Å². The summed E-state index contributed by atoms with van der Waals surface area (Å²) in [5, 5.41) is 16.6. The first-order valence-electron chi connectivity index (χ1n) is 6.26. The van der Waals surface area contributed by atoms with Crippen LogP contribution in [0.3, 0.4) is 0 Å². The van der Waals surface area contributed by atoms with E-state index in [-0.39, 0.29) is 5.92 Å². The molecule has 0 saturated carbocycles. The van der Waals surface area contributed by atoms with Crippen molar-refractivity contribution in [2.45, 2.75) is 20.8 Å². The molecule has 0 amide bonds. The van der Waals surface area contributed by atoms with Gasteiger partial charge in [0.25, 0.3) is 0 Å². The van der Waals surface area contributed by atoms with Crippen LogP contribution < -0.4 is 5.32 Å². The van der Waals surface area contributed by atoms with Crippen molar-refractivity contribution in [3.8, 4) is 0 Å². The summed E-state index contributed by atoms with van der Waals surface area (Å²) in [4.78, 5) is 15.4. The second kappa shape index (κ2) is 5.26. The molecule has 0 aliphatic heterocycles. The van der Waals surface area contributed by atoms with Gasteiger partial charge in [-0.05, 0) is 18.9 Å². The summed E-state index contributed by atoms with van der Waals surface area (Å²) >= 11 is 0. The molecule has 19 heavy (non-hydrogen) atoms. The topological polar surface area (TPSA) is 79.5 Å².